The molecule has 0 radical (unpaired) electrons. The molecule has 1 rings (SSSR count). The highest BCUT2D eigenvalue weighted by Crippen LogP contribution is 1.98. The second kappa shape index (κ2) is 6.22. The largest absolute Gasteiger partial charge is 0.349 e. The van der Waals surface area contributed by atoms with E-state index in [1.54, 1.807) is 18.1 Å². The van der Waals surface area contributed by atoms with Crippen LogP contribution < -0.4 is 11.1 Å². The minimum Gasteiger partial charge on any atom is -0.349 e. The number of carbonyl (C=O) groups is 1. The lowest BCUT2D eigenvalue weighted by molar-refractivity contribution is -0.121. The fourth-order valence-corrected chi connectivity index (χ4v) is 1.43. The van der Waals surface area contributed by atoms with E-state index in [1.807, 2.05) is 0 Å². The number of aromatic nitrogens is 3. The number of carbonyl (C=O) groups excluding carboxylic acids is 1. The molecule has 0 aromatic carbocycles. The zero-order valence-corrected chi connectivity index (χ0v) is 9.81. The summed E-state index contributed by atoms with van der Waals surface area (Å²) in [5, 5.41) is 6.80. The van der Waals surface area contributed by atoms with Crippen LogP contribution in [-0.4, -0.2) is 26.7 Å². The number of hydrogen-bond donors (Lipinski definition) is 2. The number of amides is 1. The van der Waals surface area contributed by atoms with Crippen LogP contribution in [0, 0.1) is 0 Å². The van der Waals surface area contributed by atoms with Crippen molar-refractivity contribution in [3.8, 4) is 0 Å². The number of hydrogen-bond acceptors (Lipinski definition) is 4. The zero-order chi connectivity index (χ0) is 12.0. The first-order chi connectivity index (χ1) is 7.61. The normalized spacial score (nSPS) is 12.4. The van der Waals surface area contributed by atoms with Gasteiger partial charge in [-0.2, -0.15) is 5.10 Å². The Hall–Kier alpha value is -1.43. The van der Waals surface area contributed by atoms with E-state index in [1.165, 1.54) is 0 Å². The predicted octanol–water partition coefficient (Wildman–Crippen LogP) is -0.0512. The average Bonchev–Trinajstić information content (AvgIpc) is 2.61. The van der Waals surface area contributed by atoms with Crippen molar-refractivity contribution in [3.05, 3.63) is 12.2 Å². The van der Waals surface area contributed by atoms with E-state index in [-0.39, 0.29) is 11.9 Å². The highest BCUT2D eigenvalue weighted by molar-refractivity contribution is 5.76. The van der Waals surface area contributed by atoms with Crippen LogP contribution in [0.3, 0.4) is 0 Å². The number of nitrogens with zero attached hydrogens (tertiary/aromatic N) is 3. The molecule has 1 atom stereocenters. The third-order valence-electron chi connectivity index (χ3n) is 2.20. The molecular weight excluding hydrogens is 206 g/mol. The van der Waals surface area contributed by atoms with Crippen molar-refractivity contribution < 1.29 is 4.79 Å². The Bertz CT molecular complexity index is 336. The summed E-state index contributed by atoms with van der Waals surface area (Å²) in [4.78, 5) is 15.5. The molecule has 0 spiro atoms. The van der Waals surface area contributed by atoms with Gasteiger partial charge in [-0.3, -0.25) is 9.48 Å². The van der Waals surface area contributed by atoms with Crippen LogP contribution in [0.15, 0.2) is 6.33 Å². The van der Waals surface area contributed by atoms with E-state index in [2.05, 4.69) is 22.3 Å². The molecule has 90 valence electrons. The molecule has 1 heterocycles. The van der Waals surface area contributed by atoms with Crippen molar-refractivity contribution in [1.82, 2.24) is 20.1 Å². The van der Waals surface area contributed by atoms with E-state index in [9.17, 15) is 4.79 Å². The second-order valence-electron chi connectivity index (χ2n) is 3.86. The summed E-state index contributed by atoms with van der Waals surface area (Å²) in [5.74, 6) is 0.563. The van der Waals surface area contributed by atoms with Crippen LogP contribution in [0.5, 0.6) is 0 Å². The Morgan fingerprint density at radius 1 is 1.69 bits per heavy atom. The molecule has 1 unspecified atom stereocenters. The van der Waals surface area contributed by atoms with Gasteiger partial charge in [0.25, 0.3) is 0 Å². The van der Waals surface area contributed by atoms with Gasteiger partial charge in [-0.05, 0) is 6.42 Å². The van der Waals surface area contributed by atoms with E-state index < -0.39 is 0 Å². The number of nitrogens with one attached hydrogen (secondary N) is 1. The van der Waals surface area contributed by atoms with Crippen LogP contribution >= 0.6 is 0 Å². The molecular formula is C10H19N5O. The van der Waals surface area contributed by atoms with Crippen LogP contribution in [0.25, 0.3) is 0 Å². The summed E-state index contributed by atoms with van der Waals surface area (Å²) in [7, 11) is 1.79. The Morgan fingerprint density at radius 2 is 2.44 bits per heavy atom. The zero-order valence-electron chi connectivity index (χ0n) is 9.81. The van der Waals surface area contributed by atoms with E-state index in [4.69, 9.17) is 5.73 Å². The van der Waals surface area contributed by atoms with Gasteiger partial charge in [0.2, 0.25) is 5.91 Å². The average molecular weight is 225 g/mol. The standard InChI is InChI=1S/C10H19N5O/c1-3-4-8(11)5-10(16)12-6-9-13-7-15(2)14-9/h7-8H,3-6,11H2,1-2H3,(H,12,16). The predicted molar refractivity (Wildman–Crippen MR) is 60.4 cm³/mol. The number of nitrogens with two attached hydrogens (primary N) is 1. The van der Waals surface area contributed by atoms with E-state index in [0.29, 0.717) is 18.8 Å². The molecule has 0 fully saturated rings. The summed E-state index contributed by atoms with van der Waals surface area (Å²) in [5.41, 5.74) is 5.76. The highest BCUT2D eigenvalue weighted by atomic mass is 16.1. The number of aryl methyl sites for hydroxylation is 1. The lowest BCUT2D eigenvalue weighted by Gasteiger charge is -2.09. The first-order valence-electron chi connectivity index (χ1n) is 5.48. The van der Waals surface area contributed by atoms with E-state index >= 15 is 0 Å². The molecule has 0 aliphatic rings. The quantitative estimate of drug-likeness (QED) is 0.710. The molecule has 1 aromatic heterocycles. The molecule has 0 saturated heterocycles. The topological polar surface area (TPSA) is 85.8 Å². The molecule has 1 amide bonds. The van der Waals surface area contributed by atoms with Crippen molar-refractivity contribution in [1.29, 1.82) is 0 Å². The molecule has 0 aliphatic heterocycles. The molecule has 0 aliphatic carbocycles. The van der Waals surface area contributed by atoms with Gasteiger partial charge in [0, 0.05) is 19.5 Å². The van der Waals surface area contributed by atoms with Crippen molar-refractivity contribution in [2.45, 2.75) is 38.8 Å². The summed E-state index contributed by atoms with van der Waals surface area (Å²) in [6, 6.07) is -0.0540. The first-order valence-corrected chi connectivity index (χ1v) is 5.48. The van der Waals surface area contributed by atoms with Crippen LogP contribution in [0.4, 0.5) is 0 Å². The van der Waals surface area contributed by atoms with Gasteiger partial charge >= 0.3 is 0 Å². The fourth-order valence-electron chi connectivity index (χ4n) is 1.43. The molecule has 0 bridgehead atoms. The second-order valence-corrected chi connectivity index (χ2v) is 3.86. The molecule has 6 nitrogen and oxygen atoms in total. The minimum atomic E-state index is -0.0540. The third kappa shape index (κ3) is 4.39. The van der Waals surface area contributed by atoms with Crippen LogP contribution in [-0.2, 0) is 18.4 Å². The van der Waals surface area contributed by atoms with Gasteiger partial charge in [0.1, 0.15) is 6.33 Å². The highest BCUT2D eigenvalue weighted by Gasteiger charge is 2.09. The monoisotopic (exact) mass is 225 g/mol. The molecule has 16 heavy (non-hydrogen) atoms. The van der Waals surface area contributed by atoms with Crippen LogP contribution in [0.2, 0.25) is 0 Å². The maximum absolute atomic E-state index is 11.5. The number of rotatable bonds is 6. The van der Waals surface area contributed by atoms with E-state index in [0.717, 1.165) is 12.8 Å². The van der Waals surface area contributed by atoms with Gasteiger partial charge in [-0.25, -0.2) is 4.98 Å². The third-order valence-corrected chi connectivity index (χ3v) is 2.20. The van der Waals surface area contributed by atoms with Crippen molar-refractivity contribution in [3.63, 3.8) is 0 Å². The molecule has 1 aromatic rings. The summed E-state index contributed by atoms with van der Waals surface area (Å²) < 4.78 is 1.60. The summed E-state index contributed by atoms with van der Waals surface area (Å²) >= 11 is 0. The molecule has 0 saturated carbocycles. The Morgan fingerprint density at radius 3 is 3.00 bits per heavy atom. The van der Waals surface area contributed by atoms with Gasteiger partial charge in [0.15, 0.2) is 5.82 Å². The smallest absolute Gasteiger partial charge is 0.221 e. The lowest BCUT2D eigenvalue weighted by Crippen LogP contribution is -2.31. The minimum absolute atomic E-state index is 0.0478. The van der Waals surface area contributed by atoms with Crippen LogP contribution in [0.1, 0.15) is 32.0 Å². The van der Waals surface area contributed by atoms with Gasteiger partial charge < -0.3 is 11.1 Å². The SMILES string of the molecule is CCCC(N)CC(=O)NCc1ncn(C)n1. The maximum Gasteiger partial charge on any atom is 0.221 e. The lowest BCUT2D eigenvalue weighted by atomic mass is 10.1. The first kappa shape index (κ1) is 12.6. The van der Waals surface area contributed by atoms with Crippen molar-refractivity contribution >= 4 is 5.91 Å². The van der Waals surface area contributed by atoms with Crippen molar-refractivity contribution in [2.75, 3.05) is 0 Å². The van der Waals surface area contributed by atoms with Gasteiger partial charge in [0.05, 0.1) is 6.54 Å². The van der Waals surface area contributed by atoms with Crippen molar-refractivity contribution in [2.24, 2.45) is 12.8 Å². The Balaban J connectivity index is 2.25. The fraction of sp³-hybridized carbons (Fsp3) is 0.700. The van der Waals surface area contributed by atoms with Gasteiger partial charge in [-0.1, -0.05) is 13.3 Å². The summed E-state index contributed by atoms with van der Waals surface area (Å²) in [6.45, 7) is 2.41. The molecule has 3 N–H and O–H groups in total. The summed E-state index contributed by atoms with van der Waals surface area (Å²) in [6.07, 6.45) is 3.83. The van der Waals surface area contributed by atoms with Gasteiger partial charge in [-0.15, -0.1) is 0 Å². The molecule has 6 heteroatoms. The Labute approximate surface area is 95.2 Å². The maximum atomic E-state index is 11.5. The Kier molecular flexibility index (Phi) is 4.91.